The van der Waals surface area contributed by atoms with Gasteiger partial charge in [-0.1, -0.05) is 30.4 Å². The van der Waals surface area contributed by atoms with E-state index in [0.717, 1.165) is 49.9 Å². The lowest BCUT2D eigenvalue weighted by atomic mass is 9.65. The second kappa shape index (κ2) is 11.4. The van der Waals surface area contributed by atoms with Crippen LogP contribution in [0.3, 0.4) is 0 Å². The van der Waals surface area contributed by atoms with Crippen molar-refractivity contribution in [3.8, 4) is 0 Å². The highest BCUT2D eigenvalue weighted by molar-refractivity contribution is 6.03. The van der Waals surface area contributed by atoms with Crippen LogP contribution in [0.25, 0.3) is 0 Å². The van der Waals surface area contributed by atoms with Gasteiger partial charge in [0.15, 0.2) is 0 Å². The van der Waals surface area contributed by atoms with Gasteiger partial charge < -0.3 is 10.2 Å². The molecule has 1 aromatic rings. The van der Waals surface area contributed by atoms with Crippen molar-refractivity contribution in [1.29, 1.82) is 0 Å². The molecule has 0 bridgehead atoms. The van der Waals surface area contributed by atoms with Crippen molar-refractivity contribution in [2.45, 2.75) is 129 Å². The maximum absolute atomic E-state index is 12.9. The summed E-state index contributed by atoms with van der Waals surface area (Å²) < 4.78 is 0. The molecular formula is C34H52N2O4. The molecule has 6 heteroatoms. The topological polar surface area (TPSA) is 81.1 Å². The third-order valence-electron chi connectivity index (χ3n) is 9.53. The first kappa shape index (κ1) is 32.1. The zero-order valence-electron chi connectivity index (χ0n) is 26.5. The molecule has 0 atom stereocenters. The van der Waals surface area contributed by atoms with Crippen LogP contribution in [-0.2, 0) is 0 Å². The summed E-state index contributed by atoms with van der Waals surface area (Å²) >= 11 is 0. The van der Waals surface area contributed by atoms with Crippen molar-refractivity contribution in [2.24, 2.45) is 0 Å². The third kappa shape index (κ3) is 6.23. The van der Waals surface area contributed by atoms with E-state index in [4.69, 9.17) is 0 Å². The highest BCUT2D eigenvalue weighted by Gasteiger charge is 2.49. The molecule has 0 aromatic heterocycles. The van der Waals surface area contributed by atoms with Crippen molar-refractivity contribution in [3.05, 3.63) is 58.7 Å². The first-order chi connectivity index (χ1) is 18.4. The SMILES string of the molecule is C/C=C/CN1C(C)(C)CC(c2ccc(C(=O)O)c(C(=O)O)c2C2CC(C)(C)N(C/C=C/C)C(C)(C)C2)CC1(C)C. The molecule has 3 rings (SSSR count). The zero-order valence-corrected chi connectivity index (χ0v) is 26.5. The quantitative estimate of drug-likeness (QED) is 0.322. The molecule has 0 amide bonds. The molecular weight excluding hydrogens is 500 g/mol. The Hall–Kier alpha value is -2.44. The molecule has 0 radical (unpaired) electrons. The number of hydrogen-bond donors (Lipinski definition) is 2. The van der Waals surface area contributed by atoms with Gasteiger partial charge in [-0.15, -0.1) is 0 Å². The Morgan fingerprint density at radius 3 is 1.48 bits per heavy atom. The first-order valence-electron chi connectivity index (χ1n) is 14.8. The van der Waals surface area contributed by atoms with Crippen LogP contribution in [0, 0.1) is 0 Å². The molecule has 2 saturated heterocycles. The van der Waals surface area contributed by atoms with E-state index < -0.39 is 11.9 Å². The number of carboxylic acid groups (broad SMARTS) is 2. The van der Waals surface area contributed by atoms with Gasteiger partial charge in [-0.2, -0.15) is 0 Å². The van der Waals surface area contributed by atoms with Gasteiger partial charge in [0.25, 0.3) is 0 Å². The Morgan fingerprint density at radius 2 is 1.12 bits per heavy atom. The molecule has 0 aliphatic carbocycles. The number of carboxylic acids is 2. The van der Waals surface area contributed by atoms with Crippen LogP contribution in [-0.4, -0.2) is 67.2 Å². The van der Waals surface area contributed by atoms with Gasteiger partial charge in [-0.05, 0) is 124 Å². The zero-order chi connectivity index (χ0) is 30.3. The van der Waals surface area contributed by atoms with Crippen molar-refractivity contribution in [2.75, 3.05) is 13.1 Å². The number of likely N-dealkylation sites (tertiary alicyclic amines) is 2. The second-order valence-corrected chi connectivity index (χ2v) is 14.4. The van der Waals surface area contributed by atoms with E-state index in [1.54, 1.807) is 0 Å². The standard InChI is InChI=1S/C34H52N2O4/c1-11-13-17-35-31(3,4)19-23(20-32(35,5)6)25-15-16-26(29(37)38)28(30(39)40)27(25)24-21-33(7,8)36(18-14-12-2)34(9,10)22-24/h11-16,23-24H,17-22H2,1-10H3,(H,37,38)(H,39,40)/b13-11+,14-12+. The summed E-state index contributed by atoms with van der Waals surface area (Å²) in [6, 6.07) is 3.48. The van der Waals surface area contributed by atoms with Gasteiger partial charge >= 0.3 is 11.9 Å². The Labute approximate surface area is 242 Å². The second-order valence-electron chi connectivity index (χ2n) is 14.4. The molecule has 2 aliphatic heterocycles. The number of allylic oxidation sites excluding steroid dienone is 2. The highest BCUT2D eigenvalue weighted by atomic mass is 16.4. The minimum atomic E-state index is -1.18. The number of nitrogens with zero attached hydrogens (tertiary/aromatic N) is 2. The van der Waals surface area contributed by atoms with E-state index in [1.807, 2.05) is 19.9 Å². The fourth-order valence-electron chi connectivity index (χ4n) is 8.31. The molecule has 0 spiro atoms. The maximum Gasteiger partial charge on any atom is 0.336 e. The minimum Gasteiger partial charge on any atom is -0.478 e. The smallest absolute Gasteiger partial charge is 0.336 e. The number of carbonyl (C=O) groups is 2. The lowest BCUT2D eigenvalue weighted by Gasteiger charge is -2.57. The van der Waals surface area contributed by atoms with Crippen molar-refractivity contribution in [1.82, 2.24) is 9.80 Å². The largest absolute Gasteiger partial charge is 0.478 e. The van der Waals surface area contributed by atoms with E-state index in [0.29, 0.717) is 0 Å². The van der Waals surface area contributed by atoms with Crippen LogP contribution in [0.2, 0.25) is 0 Å². The first-order valence-corrected chi connectivity index (χ1v) is 14.8. The number of piperidine rings is 2. The van der Waals surface area contributed by atoms with Crippen molar-refractivity contribution >= 4 is 11.9 Å². The normalized spacial score (nSPS) is 23.6. The minimum absolute atomic E-state index is 0.0181. The number of hydrogen-bond acceptors (Lipinski definition) is 4. The fourth-order valence-corrected chi connectivity index (χ4v) is 8.31. The van der Waals surface area contributed by atoms with E-state index in [-0.39, 0.29) is 45.1 Å². The number of benzene rings is 1. The maximum atomic E-state index is 12.9. The summed E-state index contributed by atoms with van der Waals surface area (Å²) in [5.74, 6) is -2.28. The Kier molecular flexibility index (Phi) is 9.18. The number of rotatable bonds is 8. The molecule has 222 valence electrons. The summed E-state index contributed by atoms with van der Waals surface area (Å²) in [6.07, 6.45) is 11.8. The summed E-state index contributed by atoms with van der Waals surface area (Å²) in [4.78, 5) is 30.3. The summed E-state index contributed by atoms with van der Waals surface area (Å²) in [6.45, 7) is 23.8. The third-order valence-corrected chi connectivity index (χ3v) is 9.53. The predicted octanol–water partition coefficient (Wildman–Crippen LogP) is 7.71. The highest BCUT2D eigenvalue weighted by Crippen LogP contribution is 2.52. The predicted molar refractivity (Wildman–Crippen MR) is 164 cm³/mol. The Morgan fingerprint density at radius 1 is 0.725 bits per heavy atom. The average molecular weight is 553 g/mol. The van der Waals surface area contributed by atoms with E-state index in [1.165, 1.54) is 6.07 Å². The van der Waals surface area contributed by atoms with Gasteiger partial charge in [0.05, 0.1) is 11.1 Å². The molecule has 2 aliphatic rings. The van der Waals surface area contributed by atoms with Crippen LogP contribution in [0.4, 0.5) is 0 Å². The lowest BCUT2D eigenvalue weighted by molar-refractivity contribution is -0.0306. The van der Waals surface area contributed by atoms with Crippen LogP contribution >= 0.6 is 0 Å². The molecule has 2 N–H and O–H groups in total. The van der Waals surface area contributed by atoms with Crippen LogP contribution in [0.15, 0.2) is 36.4 Å². The van der Waals surface area contributed by atoms with E-state index in [9.17, 15) is 19.8 Å². The van der Waals surface area contributed by atoms with E-state index in [2.05, 4.69) is 89.5 Å². The van der Waals surface area contributed by atoms with Gasteiger partial charge in [-0.25, -0.2) is 9.59 Å². The Bertz CT molecular complexity index is 1140. The molecule has 2 fully saturated rings. The number of aromatic carboxylic acids is 2. The molecule has 2 heterocycles. The van der Waals surface area contributed by atoms with Crippen molar-refractivity contribution < 1.29 is 19.8 Å². The van der Waals surface area contributed by atoms with Crippen LogP contribution < -0.4 is 0 Å². The average Bonchev–Trinajstić information content (AvgIpc) is 2.80. The monoisotopic (exact) mass is 552 g/mol. The van der Waals surface area contributed by atoms with Crippen LogP contribution in [0.5, 0.6) is 0 Å². The molecule has 40 heavy (non-hydrogen) atoms. The van der Waals surface area contributed by atoms with Crippen LogP contribution in [0.1, 0.15) is 139 Å². The lowest BCUT2D eigenvalue weighted by Crippen LogP contribution is -2.60. The summed E-state index contributed by atoms with van der Waals surface area (Å²) in [7, 11) is 0. The van der Waals surface area contributed by atoms with Crippen molar-refractivity contribution in [3.63, 3.8) is 0 Å². The molecule has 1 aromatic carbocycles. The summed E-state index contributed by atoms with van der Waals surface area (Å²) in [5.41, 5.74) is 1.00. The Balaban J connectivity index is 2.22. The molecule has 6 nitrogen and oxygen atoms in total. The van der Waals surface area contributed by atoms with Gasteiger partial charge in [0, 0.05) is 35.2 Å². The van der Waals surface area contributed by atoms with Gasteiger partial charge in [0.2, 0.25) is 0 Å². The summed E-state index contributed by atoms with van der Waals surface area (Å²) in [5, 5.41) is 20.6. The van der Waals surface area contributed by atoms with Gasteiger partial charge in [-0.3, -0.25) is 9.80 Å². The fraction of sp³-hybridized carbons (Fsp3) is 0.647. The van der Waals surface area contributed by atoms with Gasteiger partial charge in [0.1, 0.15) is 0 Å². The van der Waals surface area contributed by atoms with E-state index >= 15 is 0 Å². The molecule has 0 saturated carbocycles. The molecule has 0 unspecified atom stereocenters.